The predicted molar refractivity (Wildman–Crippen MR) is 70.1 cm³/mol. The van der Waals surface area contributed by atoms with Crippen LogP contribution in [0.4, 0.5) is 0 Å². The summed E-state index contributed by atoms with van der Waals surface area (Å²) in [5.74, 6) is 0.0778. The second kappa shape index (κ2) is 5.66. The smallest absolute Gasteiger partial charge is 0.255 e. The first kappa shape index (κ1) is 13.5. The molecule has 1 N–H and O–H groups in total. The van der Waals surface area contributed by atoms with Gasteiger partial charge in [-0.05, 0) is 28.1 Å². The van der Waals surface area contributed by atoms with Crippen molar-refractivity contribution in [3.05, 3.63) is 34.3 Å². The molecule has 0 radical (unpaired) electrons. The summed E-state index contributed by atoms with van der Waals surface area (Å²) >= 11 is 3.39. The summed E-state index contributed by atoms with van der Waals surface area (Å²) in [5, 5.41) is 3.16. The van der Waals surface area contributed by atoms with E-state index in [0.717, 1.165) is 23.1 Å². The van der Waals surface area contributed by atoms with E-state index in [2.05, 4.69) is 21.2 Å². The highest BCUT2D eigenvalue weighted by Gasteiger charge is 2.26. The molecule has 0 aliphatic carbocycles. The molecule has 1 heterocycles. The lowest BCUT2D eigenvalue weighted by Gasteiger charge is -2.35. The minimum absolute atomic E-state index is 0. The molecule has 16 heavy (non-hydrogen) atoms. The average molecular weight is 306 g/mol. The first-order valence-corrected chi connectivity index (χ1v) is 5.72. The molecule has 1 aromatic carbocycles. The van der Waals surface area contributed by atoms with Gasteiger partial charge < -0.3 is 10.2 Å². The Bertz CT molecular complexity index is 382. The topological polar surface area (TPSA) is 32.3 Å². The van der Waals surface area contributed by atoms with E-state index < -0.39 is 0 Å². The third-order valence-corrected chi connectivity index (χ3v) is 3.42. The van der Waals surface area contributed by atoms with E-state index in [1.54, 1.807) is 4.90 Å². The Morgan fingerprint density at radius 3 is 2.56 bits per heavy atom. The molecule has 0 saturated carbocycles. The van der Waals surface area contributed by atoms with Crippen molar-refractivity contribution in [2.45, 2.75) is 6.04 Å². The lowest BCUT2D eigenvalue weighted by molar-refractivity contribution is 0.0680. The molecule has 88 valence electrons. The first-order chi connectivity index (χ1) is 7.20. The van der Waals surface area contributed by atoms with E-state index in [1.807, 2.05) is 31.3 Å². The number of hydrogen-bond donors (Lipinski definition) is 1. The van der Waals surface area contributed by atoms with Gasteiger partial charge in [0.25, 0.3) is 5.91 Å². The SMILES string of the molecule is CN(C(=O)c1ccccc1Br)C1CNC1.Cl. The number of carbonyl (C=O) groups is 1. The van der Waals surface area contributed by atoms with Crippen LogP contribution in [-0.4, -0.2) is 37.0 Å². The molecular weight excluding hydrogens is 291 g/mol. The molecule has 1 amide bonds. The second-order valence-corrected chi connectivity index (χ2v) is 4.56. The molecule has 0 spiro atoms. The van der Waals surface area contributed by atoms with Gasteiger partial charge in [-0.25, -0.2) is 0 Å². The number of likely N-dealkylation sites (N-methyl/N-ethyl adjacent to an activating group) is 1. The molecule has 1 aliphatic heterocycles. The number of amides is 1. The number of hydrogen-bond acceptors (Lipinski definition) is 2. The van der Waals surface area contributed by atoms with E-state index in [4.69, 9.17) is 0 Å². The molecule has 1 aliphatic rings. The van der Waals surface area contributed by atoms with Gasteiger partial charge in [-0.1, -0.05) is 12.1 Å². The average Bonchev–Trinajstić information content (AvgIpc) is 2.15. The number of rotatable bonds is 2. The summed E-state index contributed by atoms with van der Waals surface area (Å²) in [6, 6.07) is 7.86. The van der Waals surface area contributed by atoms with Crippen LogP contribution in [0.5, 0.6) is 0 Å². The van der Waals surface area contributed by atoms with Crippen LogP contribution in [-0.2, 0) is 0 Å². The summed E-state index contributed by atoms with van der Waals surface area (Å²) in [4.78, 5) is 13.9. The number of carbonyl (C=O) groups excluding carboxylic acids is 1. The highest BCUT2D eigenvalue weighted by molar-refractivity contribution is 9.10. The van der Waals surface area contributed by atoms with Gasteiger partial charge >= 0.3 is 0 Å². The summed E-state index contributed by atoms with van der Waals surface area (Å²) in [6.07, 6.45) is 0. The van der Waals surface area contributed by atoms with Crippen LogP contribution < -0.4 is 5.32 Å². The van der Waals surface area contributed by atoms with Crippen LogP contribution in [0.3, 0.4) is 0 Å². The van der Waals surface area contributed by atoms with Crippen molar-refractivity contribution in [3.63, 3.8) is 0 Å². The Labute approximate surface area is 110 Å². The molecule has 5 heteroatoms. The Morgan fingerprint density at radius 1 is 1.44 bits per heavy atom. The lowest BCUT2D eigenvalue weighted by atomic mass is 10.1. The molecule has 3 nitrogen and oxygen atoms in total. The van der Waals surface area contributed by atoms with Gasteiger partial charge in [-0.3, -0.25) is 4.79 Å². The van der Waals surface area contributed by atoms with Crippen LogP contribution >= 0.6 is 28.3 Å². The van der Waals surface area contributed by atoms with Crippen molar-refractivity contribution in [3.8, 4) is 0 Å². The minimum Gasteiger partial charge on any atom is -0.336 e. The fraction of sp³-hybridized carbons (Fsp3) is 0.364. The maximum absolute atomic E-state index is 12.1. The molecule has 1 aromatic rings. The van der Waals surface area contributed by atoms with Crippen molar-refractivity contribution >= 4 is 34.2 Å². The first-order valence-electron chi connectivity index (χ1n) is 4.92. The normalized spacial score (nSPS) is 14.9. The highest BCUT2D eigenvalue weighted by Crippen LogP contribution is 2.18. The van der Waals surface area contributed by atoms with Gasteiger partial charge in [0.1, 0.15) is 0 Å². The monoisotopic (exact) mass is 304 g/mol. The van der Waals surface area contributed by atoms with Crippen LogP contribution in [0.1, 0.15) is 10.4 Å². The predicted octanol–water partition coefficient (Wildman–Crippen LogP) is 1.91. The molecule has 2 rings (SSSR count). The van der Waals surface area contributed by atoms with Gasteiger partial charge in [-0.15, -0.1) is 12.4 Å². The molecule has 0 atom stereocenters. The molecule has 0 bridgehead atoms. The van der Waals surface area contributed by atoms with Crippen molar-refractivity contribution < 1.29 is 4.79 Å². The summed E-state index contributed by atoms with van der Waals surface area (Å²) < 4.78 is 0.856. The van der Waals surface area contributed by atoms with Crippen LogP contribution in [0, 0.1) is 0 Å². The quantitative estimate of drug-likeness (QED) is 0.905. The highest BCUT2D eigenvalue weighted by atomic mass is 79.9. The zero-order valence-corrected chi connectivity index (χ0v) is 11.3. The molecular formula is C11H14BrClN2O. The maximum atomic E-state index is 12.1. The van der Waals surface area contributed by atoms with Crippen LogP contribution in [0.2, 0.25) is 0 Å². The molecule has 1 saturated heterocycles. The third kappa shape index (κ3) is 2.56. The van der Waals surface area contributed by atoms with Gasteiger partial charge in [0.05, 0.1) is 11.6 Å². The second-order valence-electron chi connectivity index (χ2n) is 3.71. The standard InChI is InChI=1S/C11H13BrN2O.ClH/c1-14(8-6-13-7-8)11(15)9-4-2-3-5-10(9)12;/h2-5,8,13H,6-7H2,1H3;1H. The van der Waals surface area contributed by atoms with Crippen molar-refractivity contribution in [2.75, 3.05) is 20.1 Å². The van der Waals surface area contributed by atoms with Crippen molar-refractivity contribution in [1.29, 1.82) is 0 Å². The summed E-state index contributed by atoms with van der Waals surface area (Å²) in [6.45, 7) is 1.79. The summed E-state index contributed by atoms with van der Waals surface area (Å²) in [7, 11) is 1.85. The maximum Gasteiger partial charge on any atom is 0.255 e. The number of nitrogens with zero attached hydrogens (tertiary/aromatic N) is 1. The van der Waals surface area contributed by atoms with Crippen molar-refractivity contribution in [2.24, 2.45) is 0 Å². The van der Waals surface area contributed by atoms with E-state index >= 15 is 0 Å². The van der Waals surface area contributed by atoms with Gasteiger partial charge in [-0.2, -0.15) is 0 Å². The number of halogens is 2. The largest absolute Gasteiger partial charge is 0.336 e. The van der Waals surface area contributed by atoms with Gasteiger partial charge in [0.15, 0.2) is 0 Å². The molecule has 0 unspecified atom stereocenters. The minimum atomic E-state index is 0. The van der Waals surface area contributed by atoms with Gasteiger partial charge in [0, 0.05) is 24.6 Å². The summed E-state index contributed by atoms with van der Waals surface area (Å²) in [5.41, 5.74) is 0.729. The van der Waals surface area contributed by atoms with Crippen LogP contribution in [0.25, 0.3) is 0 Å². The Balaban J connectivity index is 0.00000128. The van der Waals surface area contributed by atoms with Gasteiger partial charge in [0.2, 0.25) is 0 Å². The fourth-order valence-corrected chi connectivity index (χ4v) is 1.99. The third-order valence-electron chi connectivity index (χ3n) is 2.73. The Kier molecular flexibility index (Phi) is 4.77. The van der Waals surface area contributed by atoms with Crippen molar-refractivity contribution in [1.82, 2.24) is 10.2 Å². The number of benzene rings is 1. The van der Waals surface area contributed by atoms with E-state index in [1.165, 1.54) is 0 Å². The van der Waals surface area contributed by atoms with Crippen LogP contribution in [0.15, 0.2) is 28.7 Å². The van der Waals surface area contributed by atoms with E-state index in [-0.39, 0.29) is 18.3 Å². The number of nitrogens with one attached hydrogen (secondary N) is 1. The zero-order valence-electron chi connectivity index (χ0n) is 8.94. The Morgan fingerprint density at radius 2 is 2.06 bits per heavy atom. The fourth-order valence-electron chi connectivity index (χ4n) is 1.54. The lowest BCUT2D eigenvalue weighted by Crippen LogP contribution is -2.57. The Hall–Kier alpha value is -0.580. The van der Waals surface area contributed by atoms with E-state index in [0.29, 0.717) is 6.04 Å². The zero-order chi connectivity index (χ0) is 10.8. The molecule has 0 aromatic heterocycles. The molecule has 1 fully saturated rings. The van der Waals surface area contributed by atoms with E-state index in [9.17, 15) is 4.79 Å².